The van der Waals surface area contributed by atoms with Crippen LogP contribution in [0.3, 0.4) is 0 Å². The van der Waals surface area contributed by atoms with Crippen LogP contribution in [-0.2, 0) is 11.2 Å². The molecule has 17 heavy (non-hydrogen) atoms. The van der Waals surface area contributed by atoms with Gasteiger partial charge in [0.15, 0.2) is 0 Å². The minimum absolute atomic E-state index is 0.164. The van der Waals surface area contributed by atoms with Crippen LogP contribution in [0.1, 0.15) is 12.0 Å². The summed E-state index contributed by atoms with van der Waals surface area (Å²) in [6.07, 6.45) is 3.19. The van der Waals surface area contributed by atoms with Gasteiger partial charge in [0.1, 0.15) is 0 Å². The summed E-state index contributed by atoms with van der Waals surface area (Å²) in [6.45, 7) is 0. The van der Waals surface area contributed by atoms with E-state index in [1.807, 2.05) is 30.3 Å². The van der Waals surface area contributed by atoms with E-state index in [1.54, 1.807) is 12.2 Å². The Labute approximate surface area is 99.8 Å². The number of hydroxylamine groups is 2. The van der Waals surface area contributed by atoms with E-state index in [-0.39, 0.29) is 12.3 Å². The molecule has 0 unspecified atom stereocenters. The van der Waals surface area contributed by atoms with Crippen LogP contribution in [0.25, 0.3) is 0 Å². The summed E-state index contributed by atoms with van der Waals surface area (Å²) in [5.41, 5.74) is 0.860. The number of carbonyl (C=O) groups is 1. The van der Waals surface area contributed by atoms with Crippen LogP contribution in [0.2, 0.25) is 0 Å². The third-order valence-electron chi connectivity index (χ3n) is 2.81. The highest BCUT2D eigenvalue weighted by molar-refractivity contribution is 5.78. The predicted octanol–water partition coefficient (Wildman–Crippen LogP) is 1.14. The van der Waals surface area contributed by atoms with Crippen LogP contribution in [0.5, 0.6) is 0 Å². The quantitative estimate of drug-likeness (QED) is 0.467. The predicted molar refractivity (Wildman–Crippen MR) is 62.3 cm³/mol. The first-order valence-electron chi connectivity index (χ1n) is 5.58. The van der Waals surface area contributed by atoms with E-state index < -0.39 is 12.1 Å². The Morgan fingerprint density at radius 2 is 2.00 bits per heavy atom. The Morgan fingerprint density at radius 1 is 1.29 bits per heavy atom. The first-order valence-corrected chi connectivity index (χ1v) is 5.58. The van der Waals surface area contributed by atoms with E-state index in [2.05, 4.69) is 0 Å². The molecule has 4 nitrogen and oxygen atoms in total. The SMILES string of the molecule is O=C(Cc1ccccc1)N(O)[C@H]1C=C[C@H](O)C1. The molecule has 2 N–H and O–H groups in total. The first kappa shape index (κ1) is 11.8. The van der Waals surface area contributed by atoms with Gasteiger partial charge in [-0.15, -0.1) is 0 Å². The lowest BCUT2D eigenvalue weighted by Gasteiger charge is -2.21. The normalized spacial score (nSPS) is 22.7. The second kappa shape index (κ2) is 5.12. The van der Waals surface area contributed by atoms with Crippen molar-refractivity contribution in [3.63, 3.8) is 0 Å². The van der Waals surface area contributed by atoms with Crippen molar-refractivity contribution >= 4 is 5.91 Å². The molecular formula is C13H15NO3. The van der Waals surface area contributed by atoms with Gasteiger partial charge < -0.3 is 5.11 Å². The fourth-order valence-electron chi connectivity index (χ4n) is 1.88. The molecule has 0 saturated carbocycles. The third kappa shape index (κ3) is 2.93. The molecule has 0 bridgehead atoms. The lowest BCUT2D eigenvalue weighted by molar-refractivity contribution is -0.171. The monoisotopic (exact) mass is 233 g/mol. The van der Waals surface area contributed by atoms with Crippen LogP contribution < -0.4 is 0 Å². The highest BCUT2D eigenvalue weighted by atomic mass is 16.5. The molecule has 0 heterocycles. The smallest absolute Gasteiger partial charge is 0.250 e. The number of aliphatic hydroxyl groups is 1. The van der Waals surface area contributed by atoms with E-state index in [0.717, 1.165) is 5.56 Å². The number of carbonyl (C=O) groups excluding carboxylic acids is 1. The highest BCUT2D eigenvalue weighted by Crippen LogP contribution is 2.16. The van der Waals surface area contributed by atoms with Gasteiger partial charge in [0, 0.05) is 6.42 Å². The molecule has 2 atom stereocenters. The maximum Gasteiger partial charge on any atom is 0.250 e. The molecule has 1 aliphatic carbocycles. The summed E-state index contributed by atoms with van der Waals surface area (Å²) in [4.78, 5) is 11.8. The van der Waals surface area contributed by atoms with Gasteiger partial charge >= 0.3 is 0 Å². The third-order valence-corrected chi connectivity index (χ3v) is 2.81. The van der Waals surface area contributed by atoms with Crippen molar-refractivity contribution < 1.29 is 15.1 Å². The maximum absolute atomic E-state index is 11.8. The number of benzene rings is 1. The molecule has 90 valence electrons. The number of amides is 1. The average molecular weight is 233 g/mol. The van der Waals surface area contributed by atoms with Crippen molar-refractivity contribution in [2.75, 3.05) is 0 Å². The Bertz CT molecular complexity index is 416. The second-order valence-electron chi connectivity index (χ2n) is 4.16. The van der Waals surface area contributed by atoms with E-state index >= 15 is 0 Å². The Hall–Kier alpha value is -1.65. The molecule has 0 fully saturated rings. The van der Waals surface area contributed by atoms with Gasteiger partial charge in [-0.05, 0) is 5.56 Å². The molecule has 0 aliphatic heterocycles. The number of nitrogens with zero attached hydrogens (tertiary/aromatic N) is 1. The molecule has 1 aliphatic rings. The zero-order valence-corrected chi connectivity index (χ0v) is 9.36. The zero-order chi connectivity index (χ0) is 12.3. The van der Waals surface area contributed by atoms with Gasteiger partial charge in [-0.25, -0.2) is 5.06 Å². The summed E-state index contributed by atoms with van der Waals surface area (Å²) in [6, 6.07) is 8.84. The van der Waals surface area contributed by atoms with Crippen molar-refractivity contribution in [1.29, 1.82) is 0 Å². The minimum Gasteiger partial charge on any atom is -0.389 e. The van der Waals surface area contributed by atoms with E-state index in [0.29, 0.717) is 11.5 Å². The van der Waals surface area contributed by atoms with Gasteiger partial charge in [-0.1, -0.05) is 42.5 Å². The van der Waals surface area contributed by atoms with E-state index in [4.69, 9.17) is 0 Å². The van der Waals surface area contributed by atoms with Crippen molar-refractivity contribution in [3.05, 3.63) is 48.0 Å². The molecule has 0 radical (unpaired) electrons. The topological polar surface area (TPSA) is 60.8 Å². The minimum atomic E-state index is -0.570. The van der Waals surface area contributed by atoms with Crippen LogP contribution in [0.15, 0.2) is 42.5 Å². The lowest BCUT2D eigenvalue weighted by atomic mass is 10.1. The Kier molecular flexibility index (Phi) is 3.56. The van der Waals surface area contributed by atoms with Gasteiger partial charge in [0.05, 0.1) is 18.6 Å². The van der Waals surface area contributed by atoms with Crippen molar-refractivity contribution in [2.45, 2.75) is 25.0 Å². The summed E-state index contributed by atoms with van der Waals surface area (Å²) in [5, 5.41) is 19.7. The molecule has 1 aromatic rings. The van der Waals surface area contributed by atoms with E-state index in [1.165, 1.54) is 0 Å². The number of aliphatic hydroxyl groups excluding tert-OH is 1. The van der Waals surface area contributed by atoms with Crippen molar-refractivity contribution in [3.8, 4) is 0 Å². The fourth-order valence-corrected chi connectivity index (χ4v) is 1.88. The largest absolute Gasteiger partial charge is 0.389 e. The van der Waals surface area contributed by atoms with Crippen molar-refractivity contribution in [1.82, 2.24) is 5.06 Å². The van der Waals surface area contributed by atoms with Gasteiger partial charge in [0.25, 0.3) is 5.91 Å². The summed E-state index contributed by atoms with van der Waals surface area (Å²) < 4.78 is 0. The highest BCUT2D eigenvalue weighted by Gasteiger charge is 2.25. The number of hydrogen-bond acceptors (Lipinski definition) is 3. The summed E-state index contributed by atoms with van der Waals surface area (Å²) in [7, 11) is 0. The van der Waals surface area contributed by atoms with Crippen molar-refractivity contribution in [2.24, 2.45) is 0 Å². The van der Waals surface area contributed by atoms with Gasteiger partial charge in [0.2, 0.25) is 0 Å². The molecule has 0 aromatic heterocycles. The van der Waals surface area contributed by atoms with Gasteiger partial charge in [-0.3, -0.25) is 10.0 Å². The second-order valence-corrected chi connectivity index (χ2v) is 4.16. The Balaban J connectivity index is 1.94. The molecule has 1 amide bonds. The van der Waals surface area contributed by atoms with E-state index in [9.17, 15) is 15.1 Å². The molecule has 0 saturated heterocycles. The van der Waals surface area contributed by atoms with Gasteiger partial charge in [-0.2, -0.15) is 0 Å². The molecule has 1 aromatic carbocycles. The molecule has 0 spiro atoms. The fraction of sp³-hybridized carbons (Fsp3) is 0.308. The summed E-state index contributed by atoms with van der Waals surface area (Å²) in [5.74, 6) is -0.361. The standard InChI is InChI=1S/C13H15NO3/c15-12-7-6-11(9-12)14(17)13(16)8-10-4-2-1-3-5-10/h1-7,11-12,15,17H,8-9H2/t11-,12-/m0/s1. The zero-order valence-electron chi connectivity index (χ0n) is 9.36. The number of hydrogen-bond donors (Lipinski definition) is 2. The summed E-state index contributed by atoms with van der Waals surface area (Å²) >= 11 is 0. The Morgan fingerprint density at radius 3 is 2.59 bits per heavy atom. The molecular weight excluding hydrogens is 218 g/mol. The first-order chi connectivity index (χ1) is 8.16. The van der Waals surface area contributed by atoms with Crippen LogP contribution >= 0.6 is 0 Å². The van der Waals surface area contributed by atoms with Crippen LogP contribution in [-0.4, -0.2) is 33.4 Å². The van der Waals surface area contributed by atoms with Crippen LogP contribution in [0, 0.1) is 0 Å². The molecule has 2 rings (SSSR count). The lowest BCUT2D eigenvalue weighted by Crippen LogP contribution is -2.37. The number of rotatable bonds is 3. The maximum atomic E-state index is 11.8. The average Bonchev–Trinajstić information content (AvgIpc) is 2.76. The van der Waals surface area contributed by atoms with Crippen LogP contribution in [0.4, 0.5) is 0 Å². The molecule has 4 heteroatoms.